The minimum atomic E-state index is 0.0271. The fourth-order valence-electron chi connectivity index (χ4n) is 2.15. The maximum Gasteiger partial charge on any atom is 0.122 e. The Balaban J connectivity index is 2.86. The lowest BCUT2D eigenvalue weighted by atomic mass is 10.0. The molecule has 3 N–H and O–H groups in total. The monoisotopic (exact) mass is 240 g/mol. The van der Waals surface area contributed by atoms with E-state index in [0.717, 1.165) is 25.1 Å². The lowest BCUT2D eigenvalue weighted by molar-refractivity contribution is 0.118. The predicted molar refractivity (Wildman–Crippen MR) is 68.7 cm³/mol. The summed E-state index contributed by atoms with van der Waals surface area (Å²) in [6, 6.07) is 3.93. The number of nitrogens with zero attached hydrogens (tertiary/aromatic N) is 1. The fraction of sp³-hybridized carbons (Fsp3) is 0.692. The Labute approximate surface area is 103 Å². The van der Waals surface area contributed by atoms with Crippen molar-refractivity contribution in [2.75, 3.05) is 19.7 Å². The van der Waals surface area contributed by atoms with Gasteiger partial charge in [0.15, 0.2) is 0 Å². The summed E-state index contributed by atoms with van der Waals surface area (Å²) in [5.41, 5.74) is 6.19. The van der Waals surface area contributed by atoms with Crippen LogP contribution in [0.3, 0.4) is 0 Å². The summed E-state index contributed by atoms with van der Waals surface area (Å²) in [5.74, 6) is 0.890. The Hall–Kier alpha value is -0.840. The van der Waals surface area contributed by atoms with Crippen LogP contribution in [0.25, 0.3) is 0 Å². The van der Waals surface area contributed by atoms with Crippen LogP contribution in [0.5, 0.6) is 0 Å². The molecule has 0 aromatic carbocycles. The van der Waals surface area contributed by atoms with Gasteiger partial charge in [-0.25, -0.2) is 0 Å². The van der Waals surface area contributed by atoms with Crippen LogP contribution in [0.2, 0.25) is 0 Å². The van der Waals surface area contributed by atoms with E-state index in [1.54, 1.807) is 6.26 Å². The third kappa shape index (κ3) is 3.84. The number of aliphatic hydroxyl groups excluding tert-OH is 1. The molecule has 98 valence electrons. The third-order valence-electron chi connectivity index (χ3n) is 3.00. The van der Waals surface area contributed by atoms with Crippen LogP contribution in [0.15, 0.2) is 22.8 Å². The van der Waals surface area contributed by atoms with Crippen molar-refractivity contribution in [3.63, 3.8) is 0 Å². The molecule has 0 spiro atoms. The Morgan fingerprint density at radius 1 is 1.41 bits per heavy atom. The average Bonchev–Trinajstić information content (AvgIpc) is 2.83. The molecule has 1 aromatic heterocycles. The van der Waals surface area contributed by atoms with Gasteiger partial charge in [-0.1, -0.05) is 13.8 Å². The molecule has 0 saturated heterocycles. The van der Waals surface area contributed by atoms with Gasteiger partial charge in [0.1, 0.15) is 5.76 Å². The average molecular weight is 240 g/mol. The van der Waals surface area contributed by atoms with Gasteiger partial charge in [-0.05, 0) is 31.5 Å². The molecule has 2 atom stereocenters. The van der Waals surface area contributed by atoms with Crippen molar-refractivity contribution < 1.29 is 9.52 Å². The van der Waals surface area contributed by atoms with Crippen LogP contribution in [-0.4, -0.2) is 35.7 Å². The highest BCUT2D eigenvalue weighted by Crippen LogP contribution is 2.25. The molecule has 1 heterocycles. The standard InChI is InChI=1S/C13H24N2O2/c1-3-7-15(8-9-16)13(11(14)4-2)12-6-5-10-17-12/h5-6,10-11,13,16H,3-4,7-9,14H2,1-2H3. The van der Waals surface area contributed by atoms with Crippen molar-refractivity contribution in [2.24, 2.45) is 5.73 Å². The van der Waals surface area contributed by atoms with Crippen molar-refractivity contribution in [3.05, 3.63) is 24.2 Å². The molecule has 0 fully saturated rings. The van der Waals surface area contributed by atoms with Crippen LogP contribution >= 0.6 is 0 Å². The largest absolute Gasteiger partial charge is 0.468 e. The Morgan fingerprint density at radius 3 is 2.65 bits per heavy atom. The number of nitrogens with two attached hydrogens (primary N) is 1. The van der Waals surface area contributed by atoms with Gasteiger partial charge in [-0.3, -0.25) is 4.90 Å². The molecule has 0 radical (unpaired) electrons. The van der Waals surface area contributed by atoms with Crippen LogP contribution in [0.1, 0.15) is 38.5 Å². The first-order chi connectivity index (χ1) is 8.24. The third-order valence-corrected chi connectivity index (χ3v) is 3.00. The molecule has 0 saturated carbocycles. The topological polar surface area (TPSA) is 62.6 Å². The van der Waals surface area contributed by atoms with Gasteiger partial charge in [-0.15, -0.1) is 0 Å². The highest BCUT2D eigenvalue weighted by atomic mass is 16.3. The minimum Gasteiger partial charge on any atom is -0.468 e. The van der Waals surface area contributed by atoms with Gasteiger partial charge in [-0.2, -0.15) is 0 Å². The van der Waals surface area contributed by atoms with E-state index in [0.29, 0.717) is 6.54 Å². The lowest BCUT2D eigenvalue weighted by Gasteiger charge is -2.33. The van der Waals surface area contributed by atoms with E-state index >= 15 is 0 Å². The second-order valence-corrected chi connectivity index (χ2v) is 4.29. The van der Waals surface area contributed by atoms with Gasteiger partial charge in [0, 0.05) is 12.6 Å². The molecule has 4 nitrogen and oxygen atoms in total. The van der Waals surface area contributed by atoms with Crippen molar-refractivity contribution in [3.8, 4) is 0 Å². The van der Waals surface area contributed by atoms with Crippen LogP contribution in [0, 0.1) is 0 Å². The number of hydrogen-bond acceptors (Lipinski definition) is 4. The second kappa shape index (κ2) is 7.48. The molecule has 0 bridgehead atoms. The van der Waals surface area contributed by atoms with Crippen molar-refractivity contribution in [1.29, 1.82) is 0 Å². The summed E-state index contributed by atoms with van der Waals surface area (Å²) < 4.78 is 5.49. The summed E-state index contributed by atoms with van der Waals surface area (Å²) in [6.45, 7) is 5.89. The summed E-state index contributed by atoms with van der Waals surface area (Å²) in [5, 5.41) is 9.15. The zero-order valence-electron chi connectivity index (χ0n) is 10.8. The molecule has 0 aliphatic carbocycles. The van der Waals surface area contributed by atoms with E-state index in [2.05, 4.69) is 18.7 Å². The Morgan fingerprint density at radius 2 is 2.18 bits per heavy atom. The van der Waals surface area contributed by atoms with Gasteiger partial charge in [0.05, 0.1) is 18.9 Å². The molecule has 4 heteroatoms. The lowest BCUT2D eigenvalue weighted by Crippen LogP contribution is -2.42. The second-order valence-electron chi connectivity index (χ2n) is 4.29. The Bertz CT molecular complexity index is 282. The molecule has 1 rings (SSSR count). The van der Waals surface area contributed by atoms with Crippen LogP contribution in [-0.2, 0) is 0 Å². The zero-order chi connectivity index (χ0) is 12.7. The summed E-state index contributed by atoms with van der Waals surface area (Å²) in [6.07, 6.45) is 3.60. The SMILES string of the molecule is CCCN(CCO)C(c1ccco1)C(N)CC. The highest BCUT2D eigenvalue weighted by Gasteiger charge is 2.27. The predicted octanol–water partition coefficient (Wildman–Crippen LogP) is 1.76. The smallest absolute Gasteiger partial charge is 0.122 e. The zero-order valence-corrected chi connectivity index (χ0v) is 10.8. The van der Waals surface area contributed by atoms with Gasteiger partial charge >= 0.3 is 0 Å². The van der Waals surface area contributed by atoms with E-state index in [-0.39, 0.29) is 18.7 Å². The summed E-state index contributed by atoms with van der Waals surface area (Å²) in [4.78, 5) is 2.20. The molecule has 0 aliphatic rings. The number of rotatable bonds is 8. The quantitative estimate of drug-likeness (QED) is 0.727. The van der Waals surface area contributed by atoms with E-state index in [1.165, 1.54) is 0 Å². The van der Waals surface area contributed by atoms with Crippen molar-refractivity contribution in [1.82, 2.24) is 4.90 Å². The van der Waals surface area contributed by atoms with Gasteiger partial charge < -0.3 is 15.3 Å². The first kappa shape index (κ1) is 14.2. The van der Waals surface area contributed by atoms with Crippen molar-refractivity contribution in [2.45, 2.75) is 38.8 Å². The first-order valence-electron chi connectivity index (χ1n) is 6.38. The molecule has 2 unspecified atom stereocenters. The van der Waals surface area contributed by atoms with Gasteiger partial charge in [0.25, 0.3) is 0 Å². The molecular weight excluding hydrogens is 216 g/mol. The normalized spacial score (nSPS) is 15.1. The van der Waals surface area contributed by atoms with E-state index in [4.69, 9.17) is 15.3 Å². The van der Waals surface area contributed by atoms with E-state index < -0.39 is 0 Å². The number of furan rings is 1. The van der Waals surface area contributed by atoms with Crippen LogP contribution in [0.4, 0.5) is 0 Å². The number of aliphatic hydroxyl groups is 1. The minimum absolute atomic E-state index is 0.0271. The maximum atomic E-state index is 9.15. The molecule has 17 heavy (non-hydrogen) atoms. The summed E-state index contributed by atoms with van der Waals surface area (Å²) in [7, 11) is 0. The Kier molecular flexibility index (Phi) is 6.26. The van der Waals surface area contributed by atoms with Crippen molar-refractivity contribution >= 4 is 0 Å². The highest BCUT2D eigenvalue weighted by molar-refractivity contribution is 5.07. The van der Waals surface area contributed by atoms with E-state index in [9.17, 15) is 0 Å². The molecule has 0 aliphatic heterocycles. The first-order valence-corrected chi connectivity index (χ1v) is 6.38. The van der Waals surface area contributed by atoms with E-state index in [1.807, 2.05) is 12.1 Å². The number of hydrogen-bond donors (Lipinski definition) is 2. The maximum absolute atomic E-state index is 9.15. The summed E-state index contributed by atoms with van der Waals surface area (Å²) >= 11 is 0. The van der Waals surface area contributed by atoms with Gasteiger partial charge in [0.2, 0.25) is 0 Å². The fourth-order valence-corrected chi connectivity index (χ4v) is 2.15. The van der Waals surface area contributed by atoms with Crippen LogP contribution < -0.4 is 5.73 Å². The molecular formula is C13H24N2O2. The molecule has 0 amide bonds. The molecule has 1 aromatic rings.